The van der Waals surface area contributed by atoms with Crippen LogP contribution in [-0.4, -0.2) is 17.2 Å². The molecular formula is C22H19N3OS2. The Labute approximate surface area is 173 Å². The molecule has 0 aliphatic heterocycles. The van der Waals surface area contributed by atoms with Crippen LogP contribution in [0.25, 0.3) is 20.8 Å². The lowest BCUT2D eigenvalue weighted by Gasteiger charge is -2.13. The fourth-order valence-corrected chi connectivity index (χ4v) is 4.18. The average Bonchev–Trinajstić information content (AvgIpc) is 3.12. The van der Waals surface area contributed by atoms with E-state index >= 15 is 0 Å². The van der Waals surface area contributed by atoms with Gasteiger partial charge in [-0.3, -0.25) is 0 Å². The van der Waals surface area contributed by atoms with Crippen molar-refractivity contribution in [2.24, 2.45) is 0 Å². The summed E-state index contributed by atoms with van der Waals surface area (Å²) in [5.74, 6) is 0.744. The van der Waals surface area contributed by atoms with Gasteiger partial charge in [0.15, 0.2) is 5.11 Å². The number of anilines is 2. The maximum absolute atomic E-state index is 5.42. The predicted molar refractivity (Wildman–Crippen MR) is 123 cm³/mol. The van der Waals surface area contributed by atoms with Crippen LogP contribution in [0.5, 0.6) is 5.75 Å². The van der Waals surface area contributed by atoms with Crippen LogP contribution in [0.2, 0.25) is 0 Å². The molecule has 0 saturated heterocycles. The van der Waals surface area contributed by atoms with Crippen molar-refractivity contribution in [3.63, 3.8) is 0 Å². The number of hydrogen-bond donors (Lipinski definition) is 2. The molecule has 0 bridgehead atoms. The van der Waals surface area contributed by atoms with Crippen molar-refractivity contribution in [3.8, 4) is 16.3 Å². The maximum atomic E-state index is 5.42. The molecule has 0 aliphatic carbocycles. The summed E-state index contributed by atoms with van der Waals surface area (Å²) in [6.07, 6.45) is 0. The van der Waals surface area contributed by atoms with Gasteiger partial charge in [-0.15, -0.1) is 11.3 Å². The Morgan fingerprint density at radius 3 is 2.57 bits per heavy atom. The number of aryl methyl sites for hydroxylation is 1. The van der Waals surface area contributed by atoms with Crippen molar-refractivity contribution in [1.82, 2.24) is 4.98 Å². The first-order valence-electron chi connectivity index (χ1n) is 8.81. The van der Waals surface area contributed by atoms with E-state index in [2.05, 4.69) is 47.9 Å². The number of hydrogen-bond acceptors (Lipinski definition) is 4. The normalized spacial score (nSPS) is 10.6. The van der Waals surface area contributed by atoms with Crippen LogP contribution in [0.4, 0.5) is 11.4 Å². The maximum Gasteiger partial charge on any atom is 0.175 e. The van der Waals surface area contributed by atoms with E-state index in [4.69, 9.17) is 21.9 Å². The molecule has 1 heterocycles. The van der Waals surface area contributed by atoms with E-state index in [0.29, 0.717) is 5.11 Å². The van der Waals surface area contributed by atoms with Crippen molar-refractivity contribution < 1.29 is 4.74 Å². The van der Waals surface area contributed by atoms with Gasteiger partial charge in [-0.1, -0.05) is 18.2 Å². The van der Waals surface area contributed by atoms with Crippen LogP contribution in [0.3, 0.4) is 0 Å². The summed E-state index contributed by atoms with van der Waals surface area (Å²) in [6, 6.07) is 22.1. The number of nitrogens with one attached hydrogen (secondary N) is 2. The Balaban J connectivity index is 1.47. The van der Waals surface area contributed by atoms with E-state index in [1.165, 1.54) is 10.3 Å². The fraction of sp³-hybridized carbons (Fsp3) is 0.0909. The monoisotopic (exact) mass is 405 g/mol. The van der Waals surface area contributed by atoms with Gasteiger partial charge < -0.3 is 15.4 Å². The number of fused-ring (bicyclic) bond motifs is 1. The summed E-state index contributed by atoms with van der Waals surface area (Å²) in [5.41, 5.74) is 5.11. The van der Waals surface area contributed by atoms with Crippen molar-refractivity contribution in [2.75, 3.05) is 17.7 Å². The zero-order valence-corrected chi connectivity index (χ0v) is 17.2. The molecule has 0 aliphatic rings. The van der Waals surface area contributed by atoms with Crippen molar-refractivity contribution in [1.29, 1.82) is 0 Å². The lowest BCUT2D eigenvalue weighted by Crippen LogP contribution is -2.19. The molecule has 1 aromatic heterocycles. The third-order valence-corrected chi connectivity index (χ3v) is 5.56. The molecule has 0 radical (unpaired) electrons. The Kier molecular flexibility index (Phi) is 5.23. The van der Waals surface area contributed by atoms with Gasteiger partial charge in [0.05, 0.1) is 23.0 Å². The number of thiazole rings is 1. The Morgan fingerprint density at radius 1 is 1.00 bits per heavy atom. The predicted octanol–water partition coefficient (Wildman–Crippen LogP) is 6.09. The first-order chi connectivity index (χ1) is 13.6. The van der Waals surface area contributed by atoms with E-state index < -0.39 is 0 Å². The lowest BCUT2D eigenvalue weighted by molar-refractivity contribution is 0.417. The van der Waals surface area contributed by atoms with Gasteiger partial charge in [-0.25, -0.2) is 4.98 Å². The summed E-state index contributed by atoms with van der Waals surface area (Å²) in [5, 5.41) is 7.89. The minimum absolute atomic E-state index is 0.507. The number of nitrogens with zero attached hydrogens (tertiary/aromatic N) is 1. The van der Waals surface area contributed by atoms with Crippen molar-refractivity contribution in [2.45, 2.75) is 6.92 Å². The summed E-state index contributed by atoms with van der Waals surface area (Å²) in [6.45, 7) is 2.10. The summed E-state index contributed by atoms with van der Waals surface area (Å²) in [7, 11) is 1.64. The third kappa shape index (κ3) is 3.98. The molecule has 4 nitrogen and oxygen atoms in total. The van der Waals surface area contributed by atoms with Gasteiger partial charge in [0.2, 0.25) is 0 Å². The zero-order valence-electron chi connectivity index (χ0n) is 15.5. The lowest BCUT2D eigenvalue weighted by atomic mass is 10.2. The minimum Gasteiger partial charge on any atom is -0.495 e. The van der Waals surface area contributed by atoms with Crippen LogP contribution in [0.1, 0.15) is 5.56 Å². The molecule has 2 N–H and O–H groups in total. The van der Waals surface area contributed by atoms with E-state index in [-0.39, 0.29) is 0 Å². The molecule has 0 atom stereocenters. The highest BCUT2D eigenvalue weighted by molar-refractivity contribution is 7.80. The molecule has 0 amide bonds. The molecule has 0 saturated carbocycles. The summed E-state index contributed by atoms with van der Waals surface area (Å²) in [4.78, 5) is 4.74. The van der Waals surface area contributed by atoms with Crippen LogP contribution < -0.4 is 15.4 Å². The summed E-state index contributed by atoms with van der Waals surface area (Å²) >= 11 is 7.13. The SMILES string of the molecule is COc1ccccc1NC(=S)Nc1ccc(-c2nc3ccc(C)cc3s2)cc1. The topological polar surface area (TPSA) is 46.2 Å². The highest BCUT2D eigenvalue weighted by Gasteiger charge is 2.08. The number of aromatic nitrogens is 1. The number of benzene rings is 3. The Bertz CT molecular complexity index is 1140. The number of thiocarbonyl (C=S) groups is 1. The van der Waals surface area contributed by atoms with Gasteiger partial charge >= 0.3 is 0 Å². The van der Waals surface area contributed by atoms with E-state index in [9.17, 15) is 0 Å². The standard InChI is InChI=1S/C22H19N3OS2/c1-14-7-12-18-20(13-14)28-21(24-18)15-8-10-16(11-9-15)23-22(27)25-17-5-3-4-6-19(17)26-2/h3-13H,1-2H3,(H2,23,25,27). The second-order valence-electron chi connectivity index (χ2n) is 6.35. The van der Waals surface area contributed by atoms with Crippen molar-refractivity contribution >= 4 is 50.3 Å². The summed E-state index contributed by atoms with van der Waals surface area (Å²) < 4.78 is 6.55. The van der Waals surface area contributed by atoms with Crippen molar-refractivity contribution in [3.05, 3.63) is 72.3 Å². The van der Waals surface area contributed by atoms with Gasteiger partial charge in [0.25, 0.3) is 0 Å². The van der Waals surface area contributed by atoms with E-state index in [1.807, 2.05) is 36.4 Å². The molecule has 3 aromatic carbocycles. The zero-order chi connectivity index (χ0) is 19.5. The van der Waals surface area contributed by atoms with Crippen LogP contribution in [0, 0.1) is 6.92 Å². The Hall–Kier alpha value is -2.96. The van der Waals surface area contributed by atoms with Gasteiger partial charge in [-0.05, 0) is 73.2 Å². The molecule has 28 heavy (non-hydrogen) atoms. The number of methoxy groups -OCH3 is 1. The van der Waals surface area contributed by atoms with Crippen LogP contribution >= 0.6 is 23.6 Å². The molecule has 4 aromatic rings. The van der Waals surface area contributed by atoms with Gasteiger partial charge in [0.1, 0.15) is 10.8 Å². The van der Waals surface area contributed by atoms with Crippen LogP contribution in [-0.2, 0) is 0 Å². The molecule has 0 spiro atoms. The first kappa shape index (κ1) is 18.4. The molecular weight excluding hydrogens is 386 g/mol. The van der Waals surface area contributed by atoms with Gasteiger partial charge in [-0.2, -0.15) is 0 Å². The molecule has 0 unspecified atom stereocenters. The average molecular weight is 406 g/mol. The number of rotatable bonds is 4. The van der Waals surface area contributed by atoms with E-state index in [0.717, 1.165) is 33.2 Å². The van der Waals surface area contributed by atoms with Gasteiger partial charge in [0, 0.05) is 11.3 Å². The van der Waals surface area contributed by atoms with E-state index in [1.54, 1.807) is 18.4 Å². The molecule has 4 rings (SSSR count). The number of para-hydroxylation sites is 2. The second-order valence-corrected chi connectivity index (χ2v) is 7.79. The molecule has 6 heteroatoms. The smallest absolute Gasteiger partial charge is 0.175 e. The quantitative estimate of drug-likeness (QED) is 0.402. The highest BCUT2D eigenvalue weighted by Crippen LogP contribution is 2.31. The largest absolute Gasteiger partial charge is 0.495 e. The highest BCUT2D eigenvalue weighted by atomic mass is 32.1. The first-order valence-corrected chi connectivity index (χ1v) is 10.0. The fourth-order valence-electron chi connectivity index (χ4n) is 2.88. The second kappa shape index (κ2) is 7.96. The minimum atomic E-state index is 0.507. The van der Waals surface area contributed by atoms with Crippen LogP contribution in [0.15, 0.2) is 66.7 Å². The Morgan fingerprint density at radius 2 is 1.79 bits per heavy atom. The number of ether oxygens (including phenoxy) is 1. The third-order valence-electron chi connectivity index (χ3n) is 4.29. The molecule has 0 fully saturated rings. The molecule has 140 valence electrons.